The number of aromatic nitrogens is 1. The van der Waals surface area contributed by atoms with E-state index in [1.165, 1.54) is 0 Å². The second-order valence-corrected chi connectivity index (χ2v) is 6.35. The molecule has 2 aromatic carbocycles. The van der Waals surface area contributed by atoms with Gasteiger partial charge in [-0.25, -0.2) is 4.98 Å². The normalized spacial score (nSPS) is 10.5. The second-order valence-electron chi connectivity index (χ2n) is 5.53. The number of anilines is 1. The Kier molecular flexibility index (Phi) is 4.94. The van der Waals surface area contributed by atoms with Crippen molar-refractivity contribution in [3.05, 3.63) is 69.7 Å². The van der Waals surface area contributed by atoms with Gasteiger partial charge < -0.3 is 5.73 Å². The van der Waals surface area contributed by atoms with Crippen LogP contribution in [0.2, 0.25) is 10.0 Å². The predicted molar refractivity (Wildman–Crippen MR) is 104 cm³/mol. The third kappa shape index (κ3) is 3.19. The molecule has 0 aliphatic heterocycles. The second kappa shape index (κ2) is 7.14. The highest BCUT2D eigenvalue weighted by Gasteiger charge is 2.20. The Morgan fingerprint density at radius 1 is 1.04 bits per heavy atom. The molecule has 0 atom stereocenters. The summed E-state index contributed by atoms with van der Waals surface area (Å²) in [6.07, 6.45) is 0.696. The predicted octanol–water partition coefficient (Wildman–Crippen LogP) is 5.74. The highest BCUT2D eigenvalue weighted by molar-refractivity contribution is 6.42. The SMILES string of the molecule is CCc1c(-c2ccccc2)nc(N)c(C#N)c1-c1ccc(Cl)c(Cl)c1. The van der Waals surface area contributed by atoms with Crippen LogP contribution in [-0.4, -0.2) is 4.98 Å². The van der Waals surface area contributed by atoms with E-state index in [1.54, 1.807) is 12.1 Å². The molecule has 0 saturated heterocycles. The first-order valence-corrected chi connectivity index (χ1v) is 8.55. The number of nitrogens with zero attached hydrogens (tertiary/aromatic N) is 2. The molecule has 0 bridgehead atoms. The Morgan fingerprint density at radius 2 is 1.76 bits per heavy atom. The average Bonchev–Trinajstić information content (AvgIpc) is 2.63. The van der Waals surface area contributed by atoms with Gasteiger partial charge in [0.2, 0.25) is 0 Å². The van der Waals surface area contributed by atoms with Gasteiger partial charge in [-0.05, 0) is 29.7 Å². The number of halogens is 2. The van der Waals surface area contributed by atoms with Crippen molar-refractivity contribution in [2.24, 2.45) is 0 Å². The summed E-state index contributed by atoms with van der Waals surface area (Å²) in [6, 6.07) is 17.3. The first kappa shape index (κ1) is 17.3. The van der Waals surface area contributed by atoms with Crippen LogP contribution in [0.4, 0.5) is 5.82 Å². The van der Waals surface area contributed by atoms with E-state index in [0.29, 0.717) is 22.0 Å². The number of hydrogen-bond acceptors (Lipinski definition) is 3. The third-order valence-electron chi connectivity index (χ3n) is 4.05. The molecular weight excluding hydrogens is 353 g/mol. The van der Waals surface area contributed by atoms with Crippen LogP contribution >= 0.6 is 23.2 Å². The average molecular weight is 368 g/mol. The molecule has 124 valence electrons. The lowest BCUT2D eigenvalue weighted by molar-refractivity contribution is 1.11. The number of nitrogens with two attached hydrogens (primary N) is 1. The molecule has 0 saturated carbocycles. The van der Waals surface area contributed by atoms with Crippen molar-refractivity contribution in [3.8, 4) is 28.5 Å². The van der Waals surface area contributed by atoms with Gasteiger partial charge >= 0.3 is 0 Å². The molecule has 2 N–H and O–H groups in total. The number of benzene rings is 2. The van der Waals surface area contributed by atoms with Crippen molar-refractivity contribution in [2.75, 3.05) is 5.73 Å². The van der Waals surface area contributed by atoms with Crippen molar-refractivity contribution in [3.63, 3.8) is 0 Å². The lowest BCUT2D eigenvalue weighted by atomic mass is 9.90. The minimum Gasteiger partial charge on any atom is -0.383 e. The van der Waals surface area contributed by atoms with Crippen LogP contribution in [0.1, 0.15) is 18.1 Å². The minimum atomic E-state index is 0.208. The molecule has 5 heteroatoms. The number of nitrogen functional groups attached to an aromatic ring is 1. The maximum absolute atomic E-state index is 9.64. The summed E-state index contributed by atoms with van der Waals surface area (Å²) in [5.41, 5.74) is 10.7. The summed E-state index contributed by atoms with van der Waals surface area (Å²) in [4.78, 5) is 4.51. The summed E-state index contributed by atoms with van der Waals surface area (Å²) in [5, 5.41) is 10.5. The molecule has 25 heavy (non-hydrogen) atoms. The van der Waals surface area contributed by atoms with Gasteiger partial charge in [0.05, 0.1) is 15.7 Å². The van der Waals surface area contributed by atoms with Crippen molar-refractivity contribution in [2.45, 2.75) is 13.3 Å². The van der Waals surface area contributed by atoms with E-state index in [2.05, 4.69) is 11.1 Å². The molecule has 3 nitrogen and oxygen atoms in total. The molecule has 3 aromatic rings. The van der Waals surface area contributed by atoms with Gasteiger partial charge in [0.25, 0.3) is 0 Å². The Morgan fingerprint density at radius 3 is 2.36 bits per heavy atom. The highest BCUT2D eigenvalue weighted by atomic mass is 35.5. The number of pyridine rings is 1. The maximum Gasteiger partial charge on any atom is 0.142 e. The van der Waals surface area contributed by atoms with Crippen molar-refractivity contribution in [1.29, 1.82) is 5.26 Å². The monoisotopic (exact) mass is 367 g/mol. The largest absolute Gasteiger partial charge is 0.383 e. The topological polar surface area (TPSA) is 62.7 Å². The van der Waals surface area contributed by atoms with Crippen LogP contribution in [0.15, 0.2) is 48.5 Å². The fourth-order valence-corrected chi connectivity index (χ4v) is 3.20. The number of rotatable bonds is 3. The van der Waals surface area contributed by atoms with Crippen LogP contribution in [0, 0.1) is 11.3 Å². The van der Waals surface area contributed by atoms with Gasteiger partial charge in [-0.15, -0.1) is 0 Å². The standard InChI is InChI=1S/C20H15Cl2N3/c1-2-14-18(13-8-9-16(21)17(22)10-13)15(11-23)20(24)25-19(14)12-6-4-3-5-7-12/h3-10H,2H2,1H3,(H2,24,25). The van der Waals surface area contributed by atoms with Gasteiger partial charge in [0.1, 0.15) is 17.5 Å². The Hall–Kier alpha value is -2.54. The van der Waals surface area contributed by atoms with E-state index >= 15 is 0 Å². The molecule has 3 rings (SSSR count). The van der Waals surface area contributed by atoms with Crippen molar-refractivity contribution < 1.29 is 0 Å². The maximum atomic E-state index is 9.64. The minimum absolute atomic E-state index is 0.208. The molecule has 0 spiro atoms. The van der Waals surface area contributed by atoms with Gasteiger partial charge in [-0.1, -0.05) is 66.5 Å². The molecule has 1 heterocycles. The summed E-state index contributed by atoms with van der Waals surface area (Å²) >= 11 is 12.2. The van der Waals surface area contributed by atoms with Crippen LogP contribution in [-0.2, 0) is 6.42 Å². The van der Waals surface area contributed by atoms with E-state index in [1.807, 2.05) is 43.3 Å². The van der Waals surface area contributed by atoms with Gasteiger partial charge in [-0.3, -0.25) is 0 Å². The van der Waals surface area contributed by atoms with Gasteiger partial charge in [-0.2, -0.15) is 5.26 Å². The van der Waals surface area contributed by atoms with E-state index < -0.39 is 0 Å². The zero-order chi connectivity index (χ0) is 18.0. The third-order valence-corrected chi connectivity index (χ3v) is 4.79. The van der Waals surface area contributed by atoms with Crippen molar-refractivity contribution in [1.82, 2.24) is 4.98 Å². The quantitative estimate of drug-likeness (QED) is 0.641. The first-order chi connectivity index (χ1) is 12.1. The number of nitriles is 1. The molecule has 0 aliphatic carbocycles. The van der Waals surface area contributed by atoms with E-state index in [9.17, 15) is 5.26 Å². The molecule has 0 fully saturated rings. The summed E-state index contributed by atoms with van der Waals surface area (Å²) in [5.74, 6) is 0.208. The summed E-state index contributed by atoms with van der Waals surface area (Å²) in [6.45, 7) is 2.03. The number of hydrogen-bond donors (Lipinski definition) is 1. The molecule has 0 amide bonds. The lowest BCUT2D eigenvalue weighted by Crippen LogP contribution is -2.05. The zero-order valence-electron chi connectivity index (χ0n) is 13.6. The Bertz CT molecular complexity index is 976. The van der Waals surface area contributed by atoms with Crippen LogP contribution in [0.25, 0.3) is 22.4 Å². The molecule has 1 aromatic heterocycles. The Balaban J connectivity index is 2.38. The van der Waals surface area contributed by atoms with Crippen LogP contribution < -0.4 is 5.73 Å². The highest BCUT2D eigenvalue weighted by Crippen LogP contribution is 2.38. The summed E-state index contributed by atoms with van der Waals surface area (Å²) in [7, 11) is 0. The Labute approximate surface area is 156 Å². The fourth-order valence-electron chi connectivity index (χ4n) is 2.90. The van der Waals surface area contributed by atoms with E-state index in [4.69, 9.17) is 28.9 Å². The van der Waals surface area contributed by atoms with Crippen LogP contribution in [0.3, 0.4) is 0 Å². The van der Waals surface area contributed by atoms with Crippen molar-refractivity contribution >= 4 is 29.0 Å². The van der Waals surface area contributed by atoms with Crippen LogP contribution in [0.5, 0.6) is 0 Å². The van der Waals surface area contributed by atoms with Gasteiger partial charge in [0.15, 0.2) is 0 Å². The molecule has 0 radical (unpaired) electrons. The van der Waals surface area contributed by atoms with Gasteiger partial charge in [0, 0.05) is 11.1 Å². The zero-order valence-corrected chi connectivity index (χ0v) is 15.1. The van der Waals surface area contributed by atoms with E-state index in [0.717, 1.165) is 27.9 Å². The molecule has 0 aliphatic rings. The lowest BCUT2D eigenvalue weighted by Gasteiger charge is -2.17. The molecular formula is C20H15Cl2N3. The summed E-state index contributed by atoms with van der Waals surface area (Å²) < 4.78 is 0. The van der Waals surface area contributed by atoms with E-state index in [-0.39, 0.29) is 5.82 Å². The fraction of sp³-hybridized carbons (Fsp3) is 0.100. The first-order valence-electron chi connectivity index (χ1n) is 7.80. The molecule has 0 unspecified atom stereocenters. The smallest absolute Gasteiger partial charge is 0.142 e.